The van der Waals surface area contributed by atoms with Gasteiger partial charge in [-0.1, -0.05) is 0 Å². The summed E-state index contributed by atoms with van der Waals surface area (Å²) in [5.74, 6) is -0.901. The molecule has 1 nitrogen and oxygen atoms in total. The molecule has 0 amide bonds. The molecule has 1 atom stereocenters. The van der Waals surface area contributed by atoms with Crippen LogP contribution in [0.25, 0.3) is 0 Å². The highest BCUT2D eigenvalue weighted by molar-refractivity contribution is 5.27. The van der Waals surface area contributed by atoms with Crippen LogP contribution in [0.4, 0.5) is 8.78 Å². The summed E-state index contributed by atoms with van der Waals surface area (Å²) in [6.07, 6.45) is 2.03. The number of halogens is 2. The fourth-order valence-electron chi connectivity index (χ4n) is 1.84. The second-order valence-corrected chi connectivity index (χ2v) is 3.76. The molecule has 0 aromatic heterocycles. The minimum absolute atomic E-state index is 0.103. The molecule has 14 heavy (non-hydrogen) atoms. The van der Waals surface area contributed by atoms with Crippen LogP contribution in [0.15, 0.2) is 12.1 Å². The molecule has 3 heteroatoms. The van der Waals surface area contributed by atoms with Gasteiger partial charge in [-0.25, -0.2) is 8.78 Å². The van der Waals surface area contributed by atoms with Crippen LogP contribution in [-0.4, -0.2) is 6.54 Å². The van der Waals surface area contributed by atoms with Crippen molar-refractivity contribution in [2.24, 2.45) is 0 Å². The van der Waals surface area contributed by atoms with E-state index < -0.39 is 11.6 Å². The molecule has 1 aliphatic heterocycles. The van der Waals surface area contributed by atoms with Crippen molar-refractivity contribution in [3.8, 4) is 0 Å². The Hall–Kier alpha value is -0.960. The lowest BCUT2D eigenvalue weighted by molar-refractivity contribution is 0.552. The van der Waals surface area contributed by atoms with Gasteiger partial charge in [-0.3, -0.25) is 0 Å². The van der Waals surface area contributed by atoms with Gasteiger partial charge in [0.15, 0.2) is 0 Å². The highest BCUT2D eigenvalue weighted by Gasteiger charge is 2.18. The van der Waals surface area contributed by atoms with E-state index in [9.17, 15) is 8.78 Å². The average molecular weight is 197 g/mol. The topological polar surface area (TPSA) is 12.0 Å². The lowest BCUT2D eigenvalue weighted by atomic mass is 10.0. The van der Waals surface area contributed by atoms with Gasteiger partial charge in [0, 0.05) is 11.6 Å². The van der Waals surface area contributed by atoms with Crippen LogP contribution < -0.4 is 5.32 Å². The van der Waals surface area contributed by atoms with Gasteiger partial charge in [-0.2, -0.15) is 0 Å². The van der Waals surface area contributed by atoms with Crippen LogP contribution >= 0.6 is 0 Å². The van der Waals surface area contributed by atoms with E-state index in [-0.39, 0.29) is 11.6 Å². The highest BCUT2D eigenvalue weighted by Crippen LogP contribution is 2.25. The van der Waals surface area contributed by atoms with Crippen LogP contribution in [0.5, 0.6) is 0 Å². The quantitative estimate of drug-likeness (QED) is 0.729. The van der Waals surface area contributed by atoms with Crippen LogP contribution in [0.1, 0.15) is 30.0 Å². The van der Waals surface area contributed by atoms with Gasteiger partial charge in [0.1, 0.15) is 11.6 Å². The maximum absolute atomic E-state index is 13.2. The van der Waals surface area contributed by atoms with Crippen molar-refractivity contribution in [3.63, 3.8) is 0 Å². The molecule has 1 aromatic rings. The highest BCUT2D eigenvalue weighted by atomic mass is 19.1. The smallest absolute Gasteiger partial charge is 0.129 e. The van der Waals surface area contributed by atoms with Gasteiger partial charge in [-0.05, 0) is 44.0 Å². The predicted molar refractivity (Wildman–Crippen MR) is 51.1 cm³/mol. The zero-order valence-electron chi connectivity index (χ0n) is 8.11. The van der Waals surface area contributed by atoms with E-state index in [0.29, 0.717) is 0 Å². The molecule has 0 bridgehead atoms. The second kappa shape index (κ2) is 3.65. The van der Waals surface area contributed by atoms with Gasteiger partial charge >= 0.3 is 0 Å². The van der Waals surface area contributed by atoms with Crippen molar-refractivity contribution in [1.82, 2.24) is 5.32 Å². The molecule has 1 heterocycles. The molecule has 0 spiro atoms. The first-order chi connectivity index (χ1) is 6.68. The molecular formula is C11H13F2N. The largest absolute Gasteiger partial charge is 0.310 e. The maximum Gasteiger partial charge on any atom is 0.129 e. The zero-order valence-corrected chi connectivity index (χ0v) is 8.11. The SMILES string of the molecule is Cc1c(F)cc(C2CCCN2)cc1F. The first-order valence-electron chi connectivity index (χ1n) is 4.87. The summed E-state index contributed by atoms with van der Waals surface area (Å²) in [5, 5.41) is 3.21. The molecule has 1 aliphatic rings. The Kier molecular flexibility index (Phi) is 2.50. The van der Waals surface area contributed by atoms with Gasteiger partial charge in [0.2, 0.25) is 0 Å². The van der Waals surface area contributed by atoms with Crippen molar-refractivity contribution >= 4 is 0 Å². The number of benzene rings is 1. The van der Waals surface area contributed by atoms with Crippen molar-refractivity contribution in [1.29, 1.82) is 0 Å². The third-order valence-electron chi connectivity index (χ3n) is 2.77. The lowest BCUT2D eigenvalue weighted by Crippen LogP contribution is -2.13. The molecule has 1 unspecified atom stereocenters. The third kappa shape index (κ3) is 1.64. The van der Waals surface area contributed by atoms with E-state index in [4.69, 9.17) is 0 Å². The van der Waals surface area contributed by atoms with Crippen molar-refractivity contribution in [2.75, 3.05) is 6.54 Å². The molecule has 2 rings (SSSR count). The molecule has 1 N–H and O–H groups in total. The van der Waals surface area contributed by atoms with Crippen molar-refractivity contribution in [3.05, 3.63) is 34.9 Å². The van der Waals surface area contributed by atoms with E-state index >= 15 is 0 Å². The van der Waals surface area contributed by atoms with E-state index in [1.807, 2.05) is 0 Å². The van der Waals surface area contributed by atoms with E-state index in [1.54, 1.807) is 0 Å². The Bertz CT molecular complexity index is 320. The normalized spacial score (nSPS) is 21.5. The Labute approximate surface area is 82.1 Å². The van der Waals surface area contributed by atoms with Crippen molar-refractivity contribution < 1.29 is 8.78 Å². The number of nitrogens with one attached hydrogen (secondary N) is 1. The van der Waals surface area contributed by atoms with Gasteiger partial charge in [0.05, 0.1) is 0 Å². The minimum atomic E-state index is -0.450. The minimum Gasteiger partial charge on any atom is -0.310 e. The van der Waals surface area contributed by atoms with Crippen LogP contribution in [0.3, 0.4) is 0 Å². The molecule has 1 aromatic carbocycles. The van der Waals surface area contributed by atoms with Crippen LogP contribution in [-0.2, 0) is 0 Å². The molecule has 0 radical (unpaired) electrons. The fraction of sp³-hybridized carbons (Fsp3) is 0.455. The molecule has 1 saturated heterocycles. The van der Waals surface area contributed by atoms with Crippen LogP contribution in [0, 0.1) is 18.6 Å². The van der Waals surface area contributed by atoms with Crippen molar-refractivity contribution in [2.45, 2.75) is 25.8 Å². The van der Waals surface area contributed by atoms with Gasteiger partial charge < -0.3 is 5.32 Å². The second-order valence-electron chi connectivity index (χ2n) is 3.76. The van der Waals surface area contributed by atoms with Crippen LogP contribution in [0.2, 0.25) is 0 Å². The molecule has 76 valence electrons. The monoisotopic (exact) mass is 197 g/mol. The van der Waals surface area contributed by atoms with Gasteiger partial charge in [0.25, 0.3) is 0 Å². The summed E-state index contributed by atoms with van der Waals surface area (Å²) in [5.41, 5.74) is 0.829. The molecular weight excluding hydrogens is 184 g/mol. The number of hydrogen-bond donors (Lipinski definition) is 1. The summed E-state index contributed by atoms with van der Waals surface area (Å²) in [6, 6.07) is 2.99. The fourth-order valence-corrected chi connectivity index (χ4v) is 1.84. The zero-order chi connectivity index (χ0) is 10.1. The third-order valence-corrected chi connectivity index (χ3v) is 2.77. The first-order valence-corrected chi connectivity index (χ1v) is 4.87. The summed E-state index contributed by atoms with van der Waals surface area (Å²) < 4.78 is 26.5. The standard InChI is InChI=1S/C11H13F2N/c1-7-9(12)5-8(6-10(7)13)11-3-2-4-14-11/h5-6,11,14H,2-4H2,1H3. The predicted octanol–water partition coefficient (Wildman–Crippen LogP) is 2.70. The Balaban J connectivity index is 2.34. The molecule has 0 saturated carbocycles. The number of rotatable bonds is 1. The Morgan fingerprint density at radius 3 is 2.43 bits per heavy atom. The Morgan fingerprint density at radius 1 is 1.29 bits per heavy atom. The molecule has 1 fully saturated rings. The summed E-state index contributed by atoms with van der Waals surface area (Å²) in [7, 11) is 0. The average Bonchev–Trinajstić information content (AvgIpc) is 2.66. The number of hydrogen-bond acceptors (Lipinski definition) is 1. The Morgan fingerprint density at radius 2 is 1.93 bits per heavy atom. The maximum atomic E-state index is 13.2. The first kappa shape index (κ1) is 9.59. The van der Waals surface area contributed by atoms with E-state index in [0.717, 1.165) is 24.9 Å². The summed E-state index contributed by atoms with van der Waals surface area (Å²) in [6.45, 7) is 2.39. The van der Waals surface area contributed by atoms with E-state index in [2.05, 4.69) is 5.32 Å². The lowest BCUT2D eigenvalue weighted by Gasteiger charge is -2.11. The summed E-state index contributed by atoms with van der Waals surface area (Å²) in [4.78, 5) is 0. The molecule has 0 aliphatic carbocycles. The van der Waals surface area contributed by atoms with E-state index in [1.165, 1.54) is 19.1 Å². The summed E-state index contributed by atoms with van der Waals surface area (Å²) >= 11 is 0. The van der Waals surface area contributed by atoms with Gasteiger partial charge in [-0.15, -0.1) is 0 Å².